The summed E-state index contributed by atoms with van der Waals surface area (Å²) in [6.07, 6.45) is 7.75. The molecular formula is C16H31N3. The Kier molecular flexibility index (Phi) is 6.05. The third-order valence-corrected chi connectivity index (χ3v) is 3.37. The highest BCUT2D eigenvalue weighted by Gasteiger charge is 2.20. The van der Waals surface area contributed by atoms with Crippen molar-refractivity contribution in [3.63, 3.8) is 0 Å². The fourth-order valence-corrected chi connectivity index (χ4v) is 2.81. The second-order valence-corrected chi connectivity index (χ2v) is 7.06. The average Bonchev–Trinajstić information content (AvgIpc) is 2.68. The third kappa shape index (κ3) is 6.24. The predicted molar refractivity (Wildman–Crippen MR) is 82.1 cm³/mol. The van der Waals surface area contributed by atoms with Crippen molar-refractivity contribution in [2.75, 3.05) is 6.54 Å². The van der Waals surface area contributed by atoms with Crippen molar-refractivity contribution in [3.05, 3.63) is 18.0 Å². The molecule has 1 rings (SSSR count). The van der Waals surface area contributed by atoms with Gasteiger partial charge in [-0.1, -0.05) is 34.6 Å². The molecule has 0 radical (unpaired) electrons. The van der Waals surface area contributed by atoms with Gasteiger partial charge in [-0.25, -0.2) is 0 Å². The van der Waals surface area contributed by atoms with Crippen LogP contribution in [-0.4, -0.2) is 16.3 Å². The van der Waals surface area contributed by atoms with E-state index in [2.05, 4.69) is 51.2 Å². The summed E-state index contributed by atoms with van der Waals surface area (Å²) in [6.45, 7) is 12.6. The summed E-state index contributed by atoms with van der Waals surface area (Å²) in [5, 5.41) is 7.97. The number of nitrogens with one attached hydrogen (secondary N) is 1. The normalized spacial score (nSPS) is 15.5. The number of rotatable bonds is 7. The first kappa shape index (κ1) is 16.2. The minimum atomic E-state index is 0.406. The second-order valence-electron chi connectivity index (χ2n) is 7.06. The first-order valence-electron chi connectivity index (χ1n) is 7.53. The lowest BCUT2D eigenvalue weighted by Gasteiger charge is -2.27. The Balaban J connectivity index is 2.64. The fourth-order valence-electron chi connectivity index (χ4n) is 2.81. The number of hydrogen-bond acceptors (Lipinski definition) is 2. The zero-order chi connectivity index (χ0) is 14.5. The maximum Gasteiger partial charge on any atom is 0.0537 e. The average molecular weight is 265 g/mol. The zero-order valence-corrected chi connectivity index (χ0v) is 13.5. The lowest BCUT2D eigenvalue weighted by Crippen LogP contribution is -2.25. The van der Waals surface area contributed by atoms with Crippen LogP contribution in [0.2, 0.25) is 0 Å². The molecule has 1 heterocycles. The van der Waals surface area contributed by atoms with Gasteiger partial charge in [-0.2, -0.15) is 5.10 Å². The first-order chi connectivity index (χ1) is 8.81. The zero-order valence-electron chi connectivity index (χ0n) is 13.5. The summed E-state index contributed by atoms with van der Waals surface area (Å²) < 4.78 is 1.89. The summed E-state index contributed by atoms with van der Waals surface area (Å²) in [5.74, 6) is 0.717. The van der Waals surface area contributed by atoms with Crippen molar-refractivity contribution < 1.29 is 0 Å². The van der Waals surface area contributed by atoms with Gasteiger partial charge in [0.05, 0.1) is 6.20 Å². The molecule has 0 saturated carbocycles. The van der Waals surface area contributed by atoms with Crippen molar-refractivity contribution in [1.29, 1.82) is 0 Å². The first-order valence-corrected chi connectivity index (χ1v) is 7.53. The number of aromatic nitrogens is 2. The molecule has 0 amide bonds. The molecule has 0 aliphatic heterocycles. The minimum Gasteiger partial charge on any atom is -0.310 e. The van der Waals surface area contributed by atoms with Gasteiger partial charge in [0.25, 0.3) is 0 Å². The molecule has 3 heteroatoms. The van der Waals surface area contributed by atoms with E-state index in [1.807, 2.05) is 17.9 Å². The molecule has 0 aliphatic carbocycles. The van der Waals surface area contributed by atoms with Crippen LogP contribution in [-0.2, 0) is 7.05 Å². The molecule has 3 nitrogen and oxygen atoms in total. The highest BCUT2D eigenvalue weighted by molar-refractivity contribution is 5.10. The molecule has 2 atom stereocenters. The maximum absolute atomic E-state index is 4.30. The molecule has 19 heavy (non-hydrogen) atoms. The van der Waals surface area contributed by atoms with Crippen LogP contribution in [0.25, 0.3) is 0 Å². The molecule has 2 unspecified atom stereocenters. The standard InChI is InChI=1S/C16H31N3/c1-7-8-17-15(14-11-18-19(6)12-14)9-13(2)10-16(3,4)5/h11-13,15,17H,7-10H2,1-6H3. The van der Waals surface area contributed by atoms with Crippen molar-refractivity contribution in [1.82, 2.24) is 15.1 Å². The SMILES string of the molecule is CCCNC(CC(C)CC(C)(C)C)c1cnn(C)c1. The summed E-state index contributed by atoms with van der Waals surface area (Å²) in [7, 11) is 1.99. The number of aryl methyl sites for hydroxylation is 1. The Morgan fingerprint density at radius 3 is 2.53 bits per heavy atom. The lowest BCUT2D eigenvalue weighted by atomic mass is 9.82. The van der Waals surface area contributed by atoms with Gasteiger partial charge in [0.1, 0.15) is 0 Å². The number of hydrogen-bond donors (Lipinski definition) is 1. The summed E-state index contributed by atoms with van der Waals surface area (Å²) in [4.78, 5) is 0. The van der Waals surface area contributed by atoms with E-state index in [0.29, 0.717) is 11.5 Å². The van der Waals surface area contributed by atoms with E-state index in [9.17, 15) is 0 Å². The maximum atomic E-state index is 4.30. The number of nitrogens with zero attached hydrogens (tertiary/aromatic N) is 2. The largest absolute Gasteiger partial charge is 0.310 e. The van der Waals surface area contributed by atoms with Gasteiger partial charge in [-0.05, 0) is 37.1 Å². The summed E-state index contributed by atoms with van der Waals surface area (Å²) in [5.41, 5.74) is 1.72. The minimum absolute atomic E-state index is 0.406. The van der Waals surface area contributed by atoms with Crippen LogP contribution < -0.4 is 5.32 Å². The van der Waals surface area contributed by atoms with Gasteiger partial charge in [-0.15, -0.1) is 0 Å². The summed E-state index contributed by atoms with van der Waals surface area (Å²) in [6, 6.07) is 0.436. The van der Waals surface area contributed by atoms with Crippen molar-refractivity contribution >= 4 is 0 Å². The van der Waals surface area contributed by atoms with Gasteiger partial charge in [-0.3, -0.25) is 4.68 Å². The van der Waals surface area contributed by atoms with Crippen LogP contribution in [0.5, 0.6) is 0 Å². The summed E-state index contributed by atoms with van der Waals surface area (Å²) >= 11 is 0. The second kappa shape index (κ2) is 7.09. The van der Waals surface area contributed by atoms with Gasteiger partial charge in [0, 0.05) is 24.8 Å². The predicted octanol–water partition coefficient (Wildman–Crippen LogP) is 3.92. The van der Waals surface area contributed by atoms with E-state index in [0.717, 1.165) is 12.5 Å². The Labute approximate surface area is 118 Å². The highest BCUT2D eigenvalue weighted by atomic mass is 15.2. The Morgan fingerprint density at radius 1 is 1.37 bits per heavy atom. The van der Waals surface area contributed by atoms with Crippen LogP contribution >= 0.6 is 0 Å². The lowest BCUT2D eigenvalue weighted by molar-refractivity contribution is 0.276. The molecule has 0 spiro atoms. The molecule has 1 aromatic rings. The van der Waals surface area contributed by atoms with Crippen molar-refractivity contribution in [2.24, 2.45) is 18.4 Å². The van der Waals surface area contributed by atoms with Crippen molar-refractivity contribution in [2.45, 2.75) is 59.9 Å². The fraction of sp³-hybridized carbons (Fsp3) is 0.812. The Morgan fingerprint density at radius 2 is 2.05 bits per heavy atom. The quantitative estimate of drug-likeness (QED) is 0.809. The Hall–Kier alpha value is -0.830. The molecule has 0 fully saturated rings. The molecule has 0 aliphatic rings. The van der Waals surface area contributed by atoms with E-state index in [1.165, 1.54) is 24.8 Å². The van der Waals surface area contributed by atoms with Gasteiger partial charge in [0.2, 0.25) is 0 Å². The molecule has 0 aromatic carbocycles. The molecule has 1 aromatic heterocycles. The van der Waals surface area contributed by atoms with E-state index < -0.39 is 0 Å². The van der Waals surface area contributed by atoms with Crippen LogP contribution in [0, 0.1) is 11.3 Å². The topological polar surface area (TPSA) is 29.9 Å². The van der Waals surface area contributed by atoms with Gasteiger partial charge in [0.15, 0.2) is 0 Å². The van der Waals surface area contributed by atoms with Crippen molar-refractivity contribution in [3.8, 4) is 0 Å². The highest BCUT2D eigenvalue weighted by Crippen LogP contribution is 2.30. The van der Waals surface area contributed by atoms with E-state index >= 15 is 0 Å². The van der Waals surface area contributed by atoms with Crippen LogP contribution in [0.1, 0.15) is 65.5 Å². The van der Waals surface area contributed by atoms with Crippen LogP contribution in [0.3, 0.4) is 0 Å². The Bertz CT molecular complexity index is 362. The van der Waals surface area contributed by atoms with Crippen LogP contribution in [0.15, 0.2) is 12.4 Å². The molecule has 1 N–H and O–H groups in total. The monoisotopic (exact) mass is 265 g/mol. The van der Waals surface area contributed by atoms with Gasteiger partial charge >= 0.3 is 0 Å². The smallest absolute Gasteiger partial charge is 0.0537 e. The molecule has 0 bridgehead atoms. The molecule has 0 saturated heterocycles. The molecule has 110 valence electrons. The van der Waals surface area contributed by atoms with Crippen LogP contribution in [0.4, 0.5) is 0 Å². The molecular weight excluding hydrogens is 234 g/mol. The van der Waals surface area contributed by atoms with E-state index in [4.69, 9.17) is 0 Å². The van der Waals surface area contributed by atoms with E-state index in [-0.39, 0.29) is 0 Å². The van der Waals surface area contributed by atoms with E-state index in [1.54, 1.807) is 0 Å². The van der Waals surface area contributed by atoms with Gasteiger partial charge < -0.3 is 5.32 Å². The third-order valence-electron chi connectivity index (χ3n) is 3.37.